The highest BCUT2D eigenvalue weighted by Crippen LogP contribution is 2.32. The van der Waals surface area contributed by atoms with Crippen LogP contribution in [0.5, 0.6) is 0 Å². The van der Waals surface area contributed by atoms with Crippen molar-refractivity contribution in [2.24, 2.45) is 4.99 Å². The van der Waals surface area contributed by atoms with Crippen LogP contribution in [0.25, 0.3) is 6.08 Å². The first-order chi connectivity index (χ1) is 11.3. The Morgan fingerprint density at radius 1 is 1.00 bits per heavy atom. The molecule has 0 radical (unpaired) electrons. The minimum Gasteiger partial charge on any atom is -0.266 e. The first-order valence-electron chi connectivity index (χ1n) is 7.23. The molecule has 0 bridgehead atoms. The zero-order chi connectivity index (χ0) is 17.3. The van der Waals surface area contributed by atoms with Gasteiger partial charge < -0.3 is 0 Å². The number of benzene rings is 2. The molecule has 0 saturated heterocycles. The van der Waals surface area contributed by atoms with Crippen molar-refractivity contribution in [2.45, 2.75) is 11.8 Å². The summed E-state index contributed by atoms with van der Waals surface area (Å²) in [4.78, 5) is 17.0. The third-order valence-electron chi connectivity index (χ3n) is 3.53. The normalized spacial score (nSPS) is 16.5. The smallest absolute Gasteiger partial charge is 0.266 e. The van der Waals surface area contributed by atoms with Gasteiger partial charge in [0, 0.05) is 11.8 Å². The van der Waals surface area contributed by atoms with Crippen LogP contribution in [0.15, 0.2) is 63.3 Å². The van der Waals surface area contributed by atoms with Crippen LogP contribution in [-0.2, 0) is 14.6 Å². The number of carbonyl (C=O) groups excluding carboxylic acids is 1. The van der Waals surface area contributed by atoms with Crippen LogP contribution in [-0.4, -0.2) is 25.6 Å². The van der Waals surface area contributed by atoms with Crippen molar-refractivity contribution in [1.29, 1.82) is 0 Å². The fourth-order valence-electron chi connectivity index (χ4n) is 2.19. The molecule has 0 spiro atoms. The topological polar surface area (TPSA) is 63.6 Å². The predicted molar refractivity (Wildman–Crippen MR) is 97.8 cm³/mol. The van der Waals surface area contributed by atoms with Crippen molar-refractivity contribution >= 4 is 38.6 Å². The molecule has 0 aliphatic carbocycles. The zero-order valence-electron chi connectivity index (χ0n) is 13.2. The van der Waals surface area contributed by atoms with Gasteiger partial charge in [-0.05, 0) is 30.7 Å². The van der Waals surface area contributed by atoms with Crippen LogP contribution >= 0.6 is 11.8 Å². The minimum absolute atomic E-state index is 0.256. The maximum atomic E-state index is 12.1. The van der Waals surface area contributed by atoms with Gasteiger partial charge in [-0.1, -0.05) is 53.7 Å². The second-order valence-corrected chi connectivity index (χ2v) is 8.59. The highest BCUT2D eigenvalue weighted by Gasteiger charge is 2.22. The number of thioether (sulfide) groups is 1. The van der Waals surface area contributed by atoms with E-state index in [4.69, 9.17) is 0 Å². The van der Waals surface area contributed by atoms with E-state index >= 15 is 0 Å². The van der Waals surface area contributed by atoms with Gasteiger partial charge in [-0.2, -0.15) is 0 Å². The van der Waals surface area contributed by atoms with Gasteiger partial charge in [-0.3, -0.25) is 4.79 Å². The monoisotopic (exact) mass is 357 g/mol. The molecule has 0 aromatic heterocycles. The molecule has 1 aliphatic rings. The van der Waals surface area contributed by atoms with Gasteiger partial charge in [-0.25, -0.2) is 13.4 Å². The lowest BCUT2D eigenvalue weighted by Gasteiger charge is -2.01. The molecule has 122 valence electrons. The maximum Gasteiger partial charge on any atom is 0.284 e. The molecular weight excluding hydrogens is 342 g/mol. The van der Waals surface area contributed by atoms with Crippen LogP contribution < -0.4 is 0 Å². The van der Waals surface area contributed by atoms with Crippen molar-refractivity contribution in [3.05, 3.63) is 70.1 Å². The van der Waals surface area contributed by atoms with Gasteiger partial charge in [0.25, 0.3) is 5.91 Å². The molecule has 2 aromatic carbocycles. The van der Waals surface area contributed by atoms with Crippen molar-refractivity contribution in [1.82, 2.24) is 0 Å². The summed E-state index contributed by atoms with van der Waals surface area (Å²) in [6.45, 7) is 2.00. The largest absolute Gasteiger partial charge is 0.284 e. The number of rotatable bonds is 3. The number of amides is 1. The number of nitrogens with zero attached hydrogens (tertiary/aromatic N) is 1. The highest BCUT2D eigenvalue weighted by molar-refractivity contribution is 8.19. The summed E-state index contributed by atoms with van der Waals surface area (Å²) in [6.07, 6.45) is 2.89. The number of hydrogen-bond donors (Lipinski definition) is 0. The Balaban J connectivity index is 1.83. The van der Waals surface area contributed by atoms with Crippen LogP contribution in [0, 0.1) is 6.92 Å². The molecule has 0 saturated carbocycles. The first kappa shape index (κ1) is 16.7. The summed E-state index contributed by atoms with van der Waals surface area (Å²) in [5.41, 5.74) is 2.82. The summed E-state index contributed by atoms with van der Waals surface area (Å²) < 4.78 is 22.9. The van der Waals surface area contributed by atoms with E-state index in [0.717, 1.165) is 16.7 Å². The summed E-state index contributed by atoms with van der Waals surface area (Å²) in [6, 6.07) is 14.3. The van der Waals surface area contributed by atoms with Crippen molar-refractivity contribution in [3.8, 4) is 0 Å². The van der Waals surface area contributed by atoms with E-state index in [9.17, 15) is 13.2 Å². The fraction of sp³-hybridized carbons (Fsp3) is 0.111. The van der Waals surface area contributed by atoms with Gasteiger partial charge in [0.2, 0.25) is 0 Å². The van der Waals surface area contributed by atoms with Crippen LogP contribution in [0.4, 0.5) is 0 Å². The molecular formula is C18H15NO3S2. The Kier molecular flexibility index (Phi) is 4.43. The van der Waals surface area contributed by atoms with E-state index in [2.05, 4.69) is 4.99 Å². The molecule has 0 fully saturated rings. The second-order valence-electron chi connectivity index (χ2n) is 5.54. The molecule has 0 unspecified atom stereocenters. The molecule has 6 heteroatoms. The minimum atomic E-state index is -3.22. The van der Waals surface area contributed by atoms with Gasteiger partial charge in [0.1, 0.15) is 5.04 Å². The van der Waals surface area contributed by atoms with E-state index in [1.165, 1.54) is 30.2 Å². The standard InChI is InChI=1S/C18H15NO3S2/c1-12-3-7-14(8-4-12)18-19-17(20)16(23-18)11-13-5-9-15(10-6-13)24(2,21)22/h3-11H,1-2H3/b16-11-. The van der Waals surface area contributed by atoms with Crippen molar-refractivity contribution in [2.75, 3.05) is 6.26 Å². The fourth-order valence-corrected chi connectivity index (χ4v) is 3.74. The molecule has 0 atom stereocenters. The van der Waals surface area contributed by atoms with Crippen LogP contribution in [0.1, 0.15) is 16.7 Å². The molecule has 1 amide bonds. The Morgan fingerprint density at radius 2 is 1.62 bits per heavy atom. The van der Waals surface area contributed by atoms with E-state index in [1.807, 2.05) is 31.2 Å². The number of aliphatic imine (C=N–C) groups is 1. The Morgan fingerprint density at radius 3 is 2.21 bits per heavy atom. The van der Waals surface area contributed by atoms with Crippen molar-refractivity contribution in [3.63, 3.8) is 0 Å². The first-order valence-corrected chi connectivity index (χ1v) is 9.93. The van der Waals surface area contributed by atoms with E-state index in [1.54, 1.807) is 18.2 Å². The van der Waals surface area contributed by atoms with E-state index in [-0.39, 0.29) is 10.8 Å². The lowest BCUT2D eigenvalue weighted by atomic mass is 10.2. The number of hydrogen-bond acceptors (Lipinski definition) is 4. The van der Waals surface area contributed by atoms with Crippen molar-refractivity contribution < 1.29 is 13.2 Å². The molecule has 1 aliphatic heterocycles. The number of sulfone groups is 1. The molecule has 2 aromatic rings. The van der Waals surface area contributed by atoms with E-state index < -0.39 is 9.84 Å². The number of aryl methyl sites for hydroxylation is 1. The number of carbonyl (C=O) groups is 1. The second kappa shape index (κ2) is 6.37. The van der Waals surface area contributed by atoms with Gasteiger partial charge in [-0.15, -0.1) is 0 Å². The Labute approximate surface area is 145 Å². The predicted octanol–water partition coefficient (Wildman–Crippen LogP) is 3.46. The average molecular weight is 357 g/mol. The zero-order valence-corrected chi connectivity index (χ0v) is 14.8. The Bertz CT molecular complexity index is 954. The van der Waals surface area contributed by atoms with Gasteiger partial charge in [0.05, 0.1) is 9.80 Å². The summed E-state index contributed by atoms with van der Waals surface area (Å²) in [5, 5.41) is 0.680. The lowest BCUT2D eigenvalue weighted by Crippen LogP contribution is -1.96. The SMILES string of the molecule is Cc1ccc(C2=NC(=O)/C(=C/c3ccc(S(C)(=O)=O)cc3)S2)cc1. The van der Waals surface area contributed by atoms with Gasteiger partial charge >= 0.3 is 0 Å². The summed E-state index contributed by atoms with van der Waals surface area (Å²) in [5.74, 6) is -0.275. The molecule has 1 heterocycles. The summed E-state index contributed by atoms with van der Waals surface area (Å²) >= 11 is 1.33. The molecule has 24 heavy (non-hydrogen) atoms. The molecule has 0 N–H and O–H groups in total. The third kappa shape index (κ3) is 3.66. The van der Waals surface area contributed by atoms with E-state index in [0.29, 0.717) is 9.95 Å². The highest BCUT2D eigenvalue weighted by atomic mass is 32.2. The third-order valence-corrected chi connectivity index (χ3v) is 5.69. The van der Waals surface area contributed by atoms with Crippen LogP contribution in [0.3, 0.4) is 0 Å². The maximum absolute atomic E-state index is 12.1. The summed E-state index contributed by atoms with van der Waals surface area (Å²) in [7, 11) is -3.22. The lowest BCUT2D eigenvalue weighted by molar-refractivity contribution is -0.113. The quantitative estimate of drug-likeness (QED) is 0.789. The Hall–Kier alpha value is -2.18. The molecule has 3 rings (SSSR count). The average Bonchev–Trinajstić information content (AvgIpc) is 2.89. The molecule has 4 nitrogen and oxygen atoms in total. The van der Waals surface area contributed by atoms with Gasteiger partial charge in [0.15, 0.2) is 9.84 Å². The van der Waals surface area contributed by atoms with Crippen LogP contribution in [0.2, 0.25) is 0 Å².